The van der Waals surface area contributed by atoms with Crippen molar-refractivity contribution in [2.75, 3.05) is 26.2 Å². The van der Waals surface area contributed by atoms with E-state index in [0.717, 1.165) is 11.3 Å². The largest absolute Gasteiger partial charge is 0.454 e. The lowest BCUT2D eigenvalue weighted by Gasteiger charge is -2.13. The number of ether oxygens (including phenoxy) is 2. The van der Waals surface area contributed by atoms with E-state index in [0.29, 0.717) is 34.9 Å². The van der Waals surface area contributed by atoms with Crippen LogP contribution in [0.4, 0.5) is 5.69 Å². The smallest absolute Gasteiger partial charge is 0.254 e. The minimum absolute atomic E-state index is 0.134. The molecule has 0 aliphatic carbocycles. The molecule has 3 rings (SSSR count). The van der Waals surface area contributed by atoms with E-state index in [1.165, 1.54) is 4.90 Å². The van der Waals surface area contributed by atoms with E-state index in [-0.39, 0.29) is 18.6 Å². The number of hydrogen-bond donors (Lipinski definition) is 1. The summed E-state index contributed by atoms with van der Waals surface area (Å²) in [6.07, 6.45) is 0.892. The summed E-state index contributed by atoms with van der Waals surface area (Å²) in [6.45, 7) is 0.229. The van der Waals surface area contributed by atoms with Crippen molar-refractivity contribution in [2.24, 2.45) is 0 Å². The van der Waals surface area contributed by atoms with Crippen molar-refractivity contribution in [1.82, 2.24) is 4.90 Å². The molecular formula is C19H19ClN2O4. The first kappa shape index (κ1) is 18.1. The van der Waals surface area contributed by atoms with E-state index < -0.39 is 0 Å². The highest BCUT2D eigenvalue weighted by Gasteiger charge is 2.15. The molecule has 2 aromatic rings. The van der Waals surface area contributed by atoms with Gasteiger partial charge in [0, 0.05) is 26.2 Å². The van der Waals surface area contributed by atoms with Gasteiger partial charge in [0.1, 0.15) is 0 Å². The monoisotopic (exact) mass is 374 g/mol. The number of fused-ring (bicyclic) bond motifs is 1. The van der Waals surface area contributed by atoms with Crippen LogP contribution in [0.25, 0.3) is 0 Å². The van der Waals surface area contributed by atoms with Crippen LogP contribution in [-0.4, -0.2) is 37.6 Å². The van der Waals surface area contributed by atoms with Gasteiger partial charge in [-0.15, -0.1) is 0 Å². The van der Waals surface area contributed by atoms with Crippen molar-refractivity contribution in [3.63, 3.8) is 0 Å². The number of anilines is 1. The molecule has 1 aliphatic heterocycles. The number of carbonyl (C=O) groups is 2. The summed E-state index contributed by atoms with van der Waals surface area (Å²) >= 11 is 6.15. The van der Waals surface area contributed by atoms with Crippen molar-refractivity contribution in [3.8, 4) is 11.5 Å². The predicted octanol–water partition coefficient (Wildman–Crippen LogP) is 3.34. The normalized spacial score (nSPS) is 12.0. The second-order valence-electron chi connectivity index (χ2n) is 6.13. The summed E-state index contributed by atoms with van der Waals surface area (Å²) in [6, 6.07) is 10.5. The SMILES string of the molecule is CN(C)C(=O)c1ccc(NC(=O)CCc2ccc3c(c2)OCO3)cc1Cl. The lowest BCUT2D eigenvalue weighted by Crippen LogP contribution is -2.22. The quantitative estimate of drug-likeness (QED) is 0.871. The van der Waals surface area contributed by atoms with E-state index in [1.807, 2.05) is 18.2 Å². The fraction of sp³-hybridized carbons (Fsp3) is 0.263. The van der Waals surface area contributed by atoms with Crippen LogP contribution < -0.4 is 14.8 Å². The molecule has 6 nitrogen and oxygen atoms in total. The van der Waals surface area contributed by atoms with Crippen LogP contribution in [0.3, 0.4) is 0 Å². The zero-order valence-corrected chi connectivity index (χ0v) is 15.3. The standard InChI is InChI=1S/C19H19ClN2O4/c1-22(2)19(24)14-6-5-13(10-15(14)20)21-18(23)8-4-12-3-7-16-17(9-12)26-11-25-16/h3,5-7,9-10H,4,8,11H2,1-2H3,(H,21,23). The fourth-order valence-corrected chi connectivity index (χ4v) is 2.85. The van der Waals surface area contributed by atoms with Crippen LogP contribution >= 0.6 is 11.6 Å². The van der Waals surface area contributed by atoms with Crippen molar-refractivity contribution >= 4 is 29.1 Å². The third-order valence-corrected chi connectivity index (χ3v) is 4.28. The summed E-state index contributed by atoms with van der Waals surface area (Å²) in [5.74, 6) is 1.11. The molecule has 0 unspecified atom stereocenters. The van der Waals surface area contributed by atoms with Gasteiger partial charge in [0.05, 0.1) is 10.6 Å². The van der Waals surface area contributed by atoms with Crippen molar-refractivity contribution in [3.05, 3.63) is 52.5 Å². The number of nitrogens with one attached hydrogen (secondary N) is 1. The van der Waals surface area contributed by atoms with Crippen molar-refractivity contribution < 1.29 is 19.1 Å². The number of aryl methyl sites for hydroxylation is 1. The summed E-state index contributed by atoms with van der Waals surface area (Å²) < 4.78 is 10.6. The number of halogens is 1. The van der Waals surface area contributed by atoms with Gasteiger partial charge in [0.15, 0.2) is 11.5 Å². The van der Waals surface area contributed by atoms with E-state index >= 15 is 0 Å². The van der Waals surface area contributed by atoms with Gasteiger partial charge in [-0.1, -0.05) is 17.7 Å². The maximum atomic E-state index is 12.2. The Bertz CT molecular complexity index is 851. The highest BCUT2D eigenvalue weighted by Crippen LogP contribution is 2.32. The highest BCUT2D eigenvalue weighted by atomic mass is 35.5. The molecule has 1 heterocycles. The van der Waals surface area contributed by atoms with Gasteiger partial charge in [-0.2, -0.15) is 0 Å². The second-order valence-corrected chi connectivity index (χ2v) is 6.54. The Hall–Kier alpha value is -2.73. The summed E-state index contributed by atoms with van der Waals surface area (Å²) in [5, 5.41) is 3.10. The molecule has 0 saturated carbocycles. The van der Waals surface area contributed by atoms with Crippen molar-refractivity contribution in [2.45, 2.75) is 12.8 Å². The van der Waals surface area contributed by atoms with E-state index in [2.05, 4.69) is 5.32 Å². The third kappa shape index (κ3) is 4.08. The molecule has 0 atom stereocenters. The number of benzene rings is 2. The topological polar surface area (TPSA) is 67.9 Å². The average molecular weight is 375 g/mol. The molecule has 1 N–H and O–H groups in total. The predicted molar refractivity (Wildman–Crippen MR) is 99.0 cm³/mol. The average Bonchev–Trinajstić information content (AvgIpc) is 3.07. The van der Waals surface area contributed by atoms with Crippen LogP contribution in [-0.2, 0) is 11.2 Å². The minimum atomic E-state index is -0.185. The molecule has 2 aromatic carbocycles. The molecule has 0 spiro atoms. The zero-order valence-electron chi connectivity index (χ0n) is 14.5. The molecular weight excluding hydrogens is 356 g/mol. The number of hydrogen-bond acceptors (Lipinski definition) is 4. The van der Waals surface area contributed by atoms with Gasteiger partial charge in [-0.3, -0.25) is 9.59 Å². The number of nitrogens with zero attached hydrogens (tertiary/aromatic N) is 1. The van der Waals surface area contributed by atoms with Gasteiger partial charge in [0.25, 0.3) is 5.91 Å². The third-order valence-electron chi connectivity index (χ3n) is 3.97. The van der Waals surface area contributed by atoms with Gasteiger partial charge >= 0.3 is 0 Å². The maximum Gasteiger partial charge on any atom is 0.254 e. The highest BCUT2D eigenvalue weighted by molar-refractivity contribution is 6.34. The molecule has 0 fully saturated rings. The Morgan fingerprint density at radius 1 is 1.12 bits per heavy atom. The maximum absolute atomic E-state index is 12.2. The number of carbonyl (C=O) groups excluding carboxylic acids is 2. The summed E-state index contributed by atoms with van der Waals surface area (Å²) in [4.78, 5) is 25.6. The molecule has 26 heavy (non-hydrogen) atoms. The van der Waals surface area contributed by atoms with Gasteiger partial charge in [-0.05, 0) is 42.3 Å². The Kier molecular flexibility index (Phi) is 5.32. The lowest BCUT2D eigenvalue weighted by molar-refractivity contribution is -0.116. The van der Waals surface area contributed by atoms with Crippen molar-refractivity contribution in [1.29, 1.82) is 0 Å². The van der Waals surface area contributed by atoms with Crippen LogP contribution in [0.15, 0.2) is 36.4 Å². The Balaban J connectivity index is 1.58. The Morgan fingerprint density at radius 2 is 1.88 bits per heavy atom. The van der Waals surface area contributed by atoms with Crippen LogP contribution in [0.5, 0.6) is 11.5 Å². The summed E-state index contributed by atoms with van der Waals surface area (Å²) in [5.41, 5.74) is 1.95. The molecule has 0 saturated heterocycles. The van der Waals surface area contributed by atoms with E-state index in [9.17, 15) is 9.59 Å². The van der Waals surface area contributed by atoms with Crippen LogP contribution in [0.1, 0.15) is 22.3 Å². The van der Waals surface area contributed by atoms with Crippen LogP contribution in [0.2, 0.25) is 5.02 Å². The Labute approximate surface area is 156 Å². The zero-order chi connectivity index (χ0) is 18.7. The molecule has 1 aliphatic rings. The molecule has 0 radical (unpaired) electrons. The van der Waals surface area contributed by atoms with Gasteiger partial charge < -0.3 is 19.7 Å². The first-order chi connectivity index (χ1) is 12.4. The fourth-order valence-electron chi connectivity index (χ4n) is 2.59. The molecule has 0 bridgehead atoms. The second kappa shape index (κ2) is 7.66. The number of amides is 2. The first-order valence-electron chi connectivity index (χ1n) is 8.13. The van der Waals surface area contributed by atoms with E-state index in [1.54, 1.807) is 32.3 Å². The van der Waals surface area contributed by atoms with Gasteiger partial charge in [-0.25, -0.2) is 0 Å². The molecule has 0 aromatic heterocycles. The first-order valence-corrected chi connectivity index (χ1v) is 8.51. The lowest BCUT2D eigenvalue weighted by atomic mass is 10.1. The molecule has 2 amide bonds. The number of rotatable bonds is 5. The molecule has 136 valence electrons. The Morgan fingerprint density at radius 3 is 2.62 bits per heavy atom. The van der Waals surface area contributed by atoms with E-state index in [4.69, 9.17) is 21.1 Å². The summed E-state index contributed by atoms with van der Waals surface area (Å²) in [7, 11) is 3.31. The minimum Gasteiger partial charge on any atom is -0.454 e. The van der Waals surface area contributed by atoms with Crippen LogP contribution in [0, 0.1) is 0 Å². The molecule has 7 heteroatoms. The van der Waals surface area contributed by atoms with Gasteiger partial charge in [0.2, 0.25) is 12.7 Å².